The van der Waals surface area contributed by atoms with Crippen LogP contribution in [0.4, 0.5) is 0 Å². The fourth-order valence-electron chi connectivity index (χ4n) is 1.23. The van der Waals surface area contributed by atoms with Gasteiger partial charge in [-0.2, -0.15) is 5.10 Å². The van der Waals surface area contributed by atoms with E-state index in [2.05, 4.69) is 15.8 Å². The summed E-state index contributed by atoms with van der Waals surface area (Å²) in [5.41, 5.74) is 2.35. The molecular formula is C12H11N3O2S2. The average Bonchev–Trinajstić information content (AvgIpc) is 3.08. The minimum Gasteiger partial charge on any atom is -0.342 e. The maximum Gasteiger partial charge on any atom is 0.261 e. The summed E-state index contributed by atoms with van der Waals surface area (Å²) in [6, 6.07) is 7.27. The minimum atomic E-state index is -0.363. The Labute approximate surface area is 118 Å². The lowest BCUT2D eigenvalue weighted by molar-refractivity contribution is -0.120. The molecule has 0 atom stereocenters. The Kier molecular flexibility index (Phi) is 4.82. The van der Waals surface area contributed by atoms with Gasteiger partial charge in [-0.3, -0.25) is 9.59 Å². The number of amides is 2. The van der Waals surface area contributed by atoms with Gasteiger partial charge in [0.05, 0.1) is 17.6 Å². The third-order valence-corrected chi connectivity index (χ3v) is 3.75. The van der Waals surface area contributed by atoms with Gasteiger partial charge in [-0.15, -0.1) is 22.7 Å². The van der Waals surface area contributed by atoms with Crippen molar-refractivity contribution in [2.75, 3.05) is 6.54 Å². The largest absolute Gasteiger partial charge is 0.342 e. The summed E-state index contributed by atoms with van der Waals surface area (Å²) >= 11 is 2.85. The smallest absolute Gasteiger partial charge is 0.261 e. The number of carbonyl (C=O) groups is 2. The van der Waals surface area contributed by atoms with Crippen LogP contribution in [-0.2, 0) is 4.79 Å². The van der Waals surface area contributed by atoms with E-state index in [0.717, 1.165) is 4.88 Å². The fourth-order valence-corrected chi connectivity index (χ4v) is 2.45. The van der Waals surface area contributed by atoms with Crippen molar-refractivity contribution in [3.8, 4) is 0 Å². The van der Waals surface area contributed by atoms with Crippen LogP contribution < -0.4 is 10.7 Å². The molecule has 7 heteroatoms. The molecular weight excluding hydrogens is 282 g/mol. The monoisotopic (exact) mass is 293 g/mol. The van der Waals surface area contributed by atoms with Gasteiger partial charge in [-0.1, -0.05) is 12.1 Å². The van der Waals surface area contributed by atoms with Crippen LogP contribution in [0, 0.1) is 0 Å². The summed E-state index contributed by atoms with van der Waals surface area (Å²) < 4.78 is 0. The fraction of sp³-hybridized carbons (Fsp3) is 0.0833. The van der Waals surface area contributed by atoms with Gasteiger partial charge < -0.3 is 5.32 Å². The Hall–Kier alpha value is -1.99. The van der Waals surface area contributed by atoms with E-state index in [9.17, 15) is 9.59 Å². The first-order chi connectivity index (χ1) is 9.25. The standard InChI is InChI=1S/C12H11N3O2S2/c16-11(15-14-7-9-3-1-5-18-9)8-13-12(17)10-4-2-6-19-10/h1-7H,8H2,(H,13,17)(H,15,16). The van der Waals surface area contributed by atoms with Gasteiger partial charge in [0.2, 0.25) is 0 Å². The van der Waals surface area contributed by atoms with Crippen molar-refractivity contribution in [2.45, 2.75) is 0 Å². The SMILES string of the molecule is O=C(CNC(=O)c1cccs1)NN=Cc1cccs1. The Balaban J connectivity index is 1.71. The third-order valence-electron chi connectivity index (χ3n) is 2.08. The van der Waals surface area contributed by atoms with Gasteiger partial charge in [0, 0.05) is 4.88 Å². The first kappa shape index (κ1) is 13.4. The zero-order valence-electron chi connectivity index (χ0n) is 9.83. The lowest BCUT2D eigenvalue weighted by Crippen LogP contribution is -2.34. The lowest BCUT2D eigenvalue weighted by atomic mass is 10.4. The van der Waals surface area contributed by atoms with Crippen molar-refractivity contribution in [1.29, 1.82) is 0 Å². The molecule has 98 valence electrons. The number of nitrogens with zero attached hydrogens (tertiary/aromatic N) is 1. The van der Waals surface area contributed by atoms with Crippen molar-refractivity contribution in [3.05, 3.63) is 44.8 Å². The van der Waals surface area contributed by atoms with Crippen molar-refractivity contribution in [2.24, 2.45) is 5.10 Å². The maximum absolute atomic E-state index is 11.6. The molecule has 2 N–H and O–H groups in total. The zero-order valence-corrected chi connectivity index (χ0v) is 11.5. The normalized spacial score (nSPS) is 10.5. The second kappa shape index (κ2) is 6.81. The number of rotatable bonds is 5. The third kappa shape index (κ3) is 4.31. The Bertz CT molecular complexity index is 562. The van der Waals surface area contributed by atoms with Gasteiger partial charge in [-0.25, -0.2) is 5.43 Å². The number of carbonyl (C=O) groups excluding carboxylic acids is 2. The van der Waals surface area contributed by atoms with Crippen LogP contribution in [0.5, 0.6) is 0 Å². The molecule has 0 aromatic carbocycles. The quantitative estimate of drug-likeness (QED) is 0.650. The van der Waals surface area contributed by atoms with E-state index in [1.165, 1.54) is 22.7 Å². The molecule has 2 aromatic rings. The van der Waals surface area contributed by atoms with E-state index >= 15 is 0 Å². The summed E-state index contributed by atoms with van der Waals surface area (Å²) in [6.45, 7) is -0.0987. The molecule has 2 amide bonds. The van der Waals surface area contributed by atoms with Gasteiger partial charge in [0.15, 0.2) is 0 Å². The Morgan fingerprint density at radius 3 is 2.68 bits per heavy atom. The second-order valence-electron chi connectivity index (χ2n) is 3.47. The van der Waals surface area contributed by atoms with E-state index in [0.29, 0.717) is 4.88 Å². The van der Waals surface area contributed by atoms with Gasteiger partial charge >= 0.3 is 0 Å². The maximum atomic E-state index is 11.6. The summed E-state index contributed by atoms with van der Waals surface area (Å²) in [5, 5.41) is 10.0. The molecule has 0 radical (unpaired) electrons. The van der Waals surface area contributed by atoms with Crippen LogP contribution in [0.15, 0.2) is 40.1 Å². The highest BCUT2D eigenvalue weighted by Gasteiger charge is 2.07. The molecule has 2 rings (SSSR count). The number of hydrogen-bond donors (Lipinski definition) is 2. The molecule has 19 heavy (non-hydrogen) atoms. The summed E-state index contributed by atoms with van der Waals surface area (Å²) in [7, 11) is 0. The molecule has 0 bridgehead atoms. The van der Waals surface area contributed by atoms with Crippen molar-refractivity contribution in [3.63, 3.8) is 0 Å². The van der Waals surface area contributed by atoms with E-state index in [-0.39, 0.29) is 18.4 Å². The van der Waals surface area contributed by atoms with E-state index < -0.39 is 0 Å². The molecule has 0 aliphatic rings. The lowest BCUT2D eigenvalue weighted by Gasteiger charge is -2.01. The van der Waals surface area contributed by atoms with Gasteiger partial charge in [0.25, 0.3) is 11.8 Å². The molecule has 5 nitrogen and oxygen atoms in total. The van der Waals surface area contributed by atoms with Crippen LogP contribution >= 0.6 is 22.7 Å². The minimum absolute atomic E-state index is 0.0987. The molecule has 2 heterocycles. The molecule has 0 spiro atoms. The van der Waals surface area contributed by atoms with Crippen LogP contribution in [0.2, 0.25) is 0 Å². The predicted molar refractivity (Wildman–Crippen MR) is 76.7 cm³/mol. The first-order valence-corrected chi connectivity index (χ1v) is 7.19. The predicted octanol–water partition coefficient (Wildman–Crippen LogP) is 1.69. The van der Waals surface area contributed by atoms with Crippen LogP contribution in [0.25, 0.3) is 0 Å². The van der Waals surface area contributed by atoms with Gasteiger partial charge in [-0.05, 0) is 22.9 Å². The number of nitrogens with one attached hydrogen (secondary N) is 2. The van der Waals surface area contributed by atoms with Crippen molar-refractivity contribution < 1.29 is 9.59 Å². The van der Waals surface area contributed by atoms with Crippen molar-refractivity contribution in [1.82, 2.24) is 10.7 Å². The van der Waals surface area contributed by atoms with E-state index in [1.807, 2.05) is 17.5 Å². The number of thiophene rings is 2. The summed E-state index contributed by atoms with van der Waals surface area (Å²) in [5.74, 6) is -0.620. The van der Waals surface area contributed by atoms with Crippen LogP contribution in [0.1, 0.15) is 14.5 Å². The molecule has 0 saturated carbocycles. The highest BCUT2D eigenvalue weighted by molar-refractivity contribution is 7.12. The van der Waals surface area contributed by atoms with E-state index in [4.69, 9.17) is 0 Å². The molecule has 0 aliphatic carbocycles. The Morgan fingerprint density at radius 1 is 1.21 bits per heavy atom. The second-order valence-corrected chi connectivity index (χ2v) is 5.40. The number of hydrazone groups is 1. The number of hydrogen-bond acceptors (Lipinski definition) is 5. The summed E-state index contributed by atoms with van der Waals surface area (Å²) in [4.78, 5) is 24.5. The zero-order chi connectivity index (χ0) is 13.5. The first-order valence-electron chi connectivity index (χ1n) is 5.43. The topological polar surface area (TPSA) is 70.6 Å². The highest BCUT2D eigenvalue weighted by Crippen LogP contribution is 2.07. The van der Waals surface area contributed by atoms with Crippen LogP contribution in [0.3, 0.4) is 0 Å². The van der Waals surface area contributed by atoms with Gasteiger partial charge in [0.1, 0.15) is 0 Å². The molecule has 0 aliphatic heterocycles. The molecule has 2 aromatic heterocycles. The molecule has 0 fully saturated rings. The summed E-state index contributed by atoms with van der Waals surface area (Å²) in [6.07, 6.45) is 1.56. The van der Waals surface area contributed by atoms with Crippen molar-refractivity contribution >= 4 is 40.7 Å². The van der Waals surface area contributed by atoms with E-state index in [1.54, 1.807) is 23.7 Å². The molecule has 0 unspecified atom stereocenters. The van der Waals surface area contributed by atoms with Crippen LogP contribution in [-0.4, -0.2) is 24.6 Å². The average molecular weight is 293 g/mol. The molecule has 0 saturated heterocycles. The Morgan fingerprint density at radius 2 is 2.00 bits per heavy atom. The highest BCUT2D eigenvalue weighted by atomic mass is 32.1.